The van der Waals surface area contributed by atoms with E-state index < -0.39 is 28.8 Å². The minimum atomic E-state index is -1.29. The van der Waals surface area contributed by atoms with Crippen LogP contribution >= 0.6 is 0 Å². The summed E-state index contributed by atoms with van der Waals surface area (Å²) in [6.45, 7) is 0.0767. The Bertz CT molecular complexity index is 387. The maximum absolute atomic E-state index is 11.2. The molecule has 1 N–H and O–H groups in total. The summed E-state index contributed by atoms with van der Waals surface area (Å²) in [6.07, 6.45) is -1.36. The zero-order valence-corrected chi connectivity index (χ0v) is 11.2. The lowest BCUT2D eigenvalue weighted by Gasteiger charge is -2.13. The molecule has 0 fully saturated rings. The second-order valence-corrected chi connectivity index (χ2v) is 3.77. The summed E-state index contributed by atoms with van der Waals surface area (Å²) in [5, 5.41) is 20.2. The van der Waals surface area contributed by atoms with Gasteiger partial charge in [0.2, 0.25) is 5.91 Å². The van der Waals surface area contributed by atoms with Gasteiger partial charge < -0.3 is 19.7 Å². The summed E-state index contributed by atoms with van der Waals surface area (Å²) in [5.74, 6) is -0.640. The zero-order chi connectivity index (χ0) is 16.3. The molecule has 1 atom stereocenters. The molecule has 0 aromatic carbocycles. The molecular weight excluding hydrogens is 294 g/mol. The minimum Gasteiger partial charge on any atom is -0.379 e. The molecule has 0 rings (SSSR count). The molecule has 21 heavy (non-hydrogen) atoms. The third-order valence-electron chi connectivity index (χ3n) is 1.91. The number of carbonyl (C=O) groups excluding carboxylic acids is 2. The van der Waals surface area contributed by atoms with Crippen LogP contribution in [0.15, 0.2) is 0 Å². The molecule has 12 heteroatoms. The van der Waals surface area contributed by atoms with E-state index in [1.54, 1.807) is 0 Å². The van der Waals surface area contributed by atoms with Gasteiger partial charge in [-0.2, -0.15) is 0 Å². The van der Waals surface area contributed by atoms with Crippen molar-refractivity contribution in [3.8, 4) is 0 Å². The van der Waals surface area contributed by atoms with E-state index in [9.17, 15) is 29.8 Å². The number of ketones is 1. The molecule has 120 valence electrons. The molecule has 0 aliphatic heterocycles. The number of carbonyl (C=O) groups is 2. The maximum Gasteiger partial charge on any atom is 0.294 e. The molecule has 1 unspecified atom stereocenters. The Labute approximate surface area is 118 Å². The van der Waals surface area contributed by atoms with Gasteiger partial charge in [-0.25, -0.2) is 0 Å². The monoisotopic (exact) mass is 309 g/mol. The fourth-order valence-corrected chi connectivity index (χ4v) is 1.07. The quantitative estimate of drug-likeness (QED) is 0.267. The smallest absolute Gasteiger partial charge is 0.294 e. The zero-order valence-electron chi connectivity index (χ0n) is 11.2. The van der Waals surface area contributed by atoms with E-state index in [2.05, 4.69) is 15.0 Å². The van der Waals surface area contributed by atoms with Gasteiger partial charge in [-0.15, -0.1) is 20.2 Å². The number of ether oxygens (including phenoxy) is 1. The topological polar surface area (TPSA) is 160 Å². The van der Waals surface area contributed by atoms with Gasteiger partial charge in [0.05, 0.1) is 19.8 Å². The van der Waals surface area contributed by atoms with E-state index in [0.29, 0.717) is 0 Å². The first-order valence-electron chi connectivity index (χ1n) is 5.73. The third-order valence-corrected chi connectivity index (χ3v) is 1.91. The van der Waals surface area contributed by atoms with Crippen LogP contribution in [-0.2, 0) is 24.0 Å². The van der Waals surface area contributed by atoms with Crippen molar-refractivity contribution in [2.75, 3.05) is 26.4 Å². The molecule has 0 heterocycles. The van der Waals surface area contributed by atoms with E-state index in [1.807, 2.05) is 0 Å². The number of rotatable bonds is 12. The average Bonchev–Trinajstić information content (AvgIpc) is 2.37. The van der Waals surface area contributed by atoms with E-state index in [4.69, 9.17) is 4.74 Å². The third kappa shape index (κ3) is 12.3. The van der Waals surface area contributed by atoms with Crippen molar-refractivity contribution in [3.05, 3.63) is 20.2 Å². The van der Waals surface area contributed by atoms with Crippen LogP contribution in [0.3, 0.4) is 0 Å². The Morgan fingerprint density at radius 3 is 2.38 bits per heavy atom. The molecule has 0 radical (unpaired) electrons. The van der Waals surface area contributed by atoms with Crippen LogP contribution in [0.2, 0.25) is 0 Å². The molecule has 0 bridgehead atoms. The van der Waals surface area contributed by atoms with Crippen LogP contribution in [0.1, 0.15) is 13.3 Å². The van der Waals surface area contributed by atoms with E-state index >= 15 is 0 Å². The predicted octanol–water partition coefficient (Wildman–Crippen LogP) is -1.12. The second-order valence-electron chi connectivity index (χ2n) is 3.77. The molecule has 0 saturated carbocycles. The van der Waals surface area contributed by atoms with Crippen molar-refractivity contribution in [2.24, 2.45) is 0 Å². The van der Waals surface area contributed by atoms with Crippen molar-refractivity contribution >= 4 is 11.7 Å². The normalized spacial score (nSPS) is 11.3. The van der Waals surface area contributed by atoms with Crippen LogP contribution in [0.4, 0.5) is 0 Å². The van der Waals surface area contributed by atoms with Crippen LogP contribution in [0.5, 0.6) is 0 Å². The molecule has 0 saturated heterocycles. The first-order chi connectivity index (χ1) is 9.81. The molecule has 0 aliphatic carbocycles. The van der Waals surface area contributed by atoms with E-state index in [-0.39, 0.29) is 32.0 Å². The summed E-state index contributed by atoms with van der Waals surface area (Å²) in [4.78, 5) is 50.0. The van der Waals surface area contributed by atoms with Gasteiger partial charge in [0.1, 0.15) is 12.4 Å². The van der Waals surface area contributed by atoms with Crippen LogP contribution in [-0.4, -0.2) is 54.3 Å². The Kier molecular flexibility index (Phi) is 9.08. The van der Waals surface area contributed by atoms with Gasteiger partial charge in [0, 0.05) is 6.42 Å². The highest BCUT2D eigenvalue weighted by Crippen LogP contribution is 1.97. The van der Waals surface area contributed by atoms with Gasteiger partial charge >= 0.3 is 0 Å². The number of hydrogen-bond donors (Lipinski definition) is 1. The molecule has 12 nitrogen and oxygen atoms in total. The first kappa shape index (κ1) is 18.5. The van der Waals surface area contributed by atoms with Gasteiger partial charge in [0.15, 0.2) is 6.10 Å². The molecular formula is C9H15N3O9. The second kappa shape index (κ2) is 10.3. The molecule has 0 aromatic heterocycles. The highest BCUT2D eigenvalue weighted by Gasteiger charge is 2.16. The maximum atomic E-state index is 11.2. The predicted molar refractivity (Wildman–Crippen MR) is 63.9 cm³/mol. The summed E-state index contributed by atoms with van der Waals surface area (Å²) in [7, 11) is 0. The Morgan fingerprint density at radius 1 is 1.19 bits per heavy atom. The SMILES string of the molecule is CC(=O)CNC(=O)CCOCC(CO[N+](=O)[O-])O[N+](=O)[O-]. The summed E-state index contributed by atoms with van der Waals surface area (Å²) in [5.41, 5.74) is 0. The lowest BCUT2D eigenvalue weighted by atomic mass is 10.4. The lowest BCUT2D eigenvalue weighted by Crippen LogP contribution is -2.31. The number of nitrogens with one attached hydrogen (secondary N) is 1. The van der Waals surface area contributed by atoms with E-state index in [1.165, 1.54) is 6.92 Å². The van der Waals surface area contributed by atoms with Crippen molar-refractivity contribution in [1.29, 1.82) is 0 Å². The standard InChI is InChI=1S/C9H15N3O9/c1-7(13)4-10-9(14)2-3-19-5-8(21-12(17)18)6-20-11(15)16/h8H,2-6H2,1H3,(H,10,14). The highest BCUT2D eigenvalue weighted by atomic mass is 17.0. The van der Waals surface area contributed by atoms with Crippen molar-refractivity contribution < 1.29 is 34.2 Å². The number of Topliss-reactive ketones (excluding diaryl/α,β-unsaturated/α-hetero) is 1. The van der Waals surface area contributed by atoms with Crippen LogP contribution in [0.25, 0.3) is 0 Å². The number of nitrogens with zero attached hydrogens (tertiary/aromatic N) is 2. The van der Waals surface area contributed by atoms with Gasteiger partial charge in [-0.05, 0) is 6.92 Å². The van der Waals surface area contributed by atoms with E-state index in [0.717, 1.165) is 0 Å². The van der Waals surface area contributed by atoms with Gasteiger partial charge in [-0.3, -0.25) is 9.59 Å². The molecule has 1 amide bonds. The molecule has 0 aromatic rings. The first-order valence-corrected chi connectivity index (χ1v) is 5.73. The Balaban J connectivity index is 3.90. The Hall–Kier alpha value is -2.50. The largest absolute Gasteiger partial charge is 0.379 e. The van der Waals surface area contributed by atoms with Gasteiger partial charge in [0.25, 0.3) is 10.2 Å². The van der Waals surface area contributed by atoms with Crippen LogP contribution < -0.4 is 5.32 Å². The summed E-state index contributed by atoms with van der Waals surface area (Å²) < 4.78 is 4.93. The van der Waals surface area contributed by atoms with Crippen molar-refractivity contribution in [1.82, 2.24) is 5.32 Å². The number of hydrogen-bond acceptors (Lipinski definition) is 9. The highest BCUT2D eigenvalue weighted by molar-refractivity contribution is 5.84. The van der Waals surface area contributed by atoms with Crippen molar-refractivity contribution in [3.63, 3.8) is 0 Å². The fourth-order valence-electron chi connectivity index (χ4n) is 1.07. The van der Waals surface area contributed by atoms with Gasteiger partial charge in [-0.1, -0.05) is 0 Å². The average molecular weight is 309 g/mol. The Morgan fingerprint density at radius 2 is 1.86 bits per heavy atom. The number of amides is 1. The van der Waals surface area contributed by atoms with Crippen LogP contribution in [0, 0.1) is 20.2 Å². The minimum absolute atomic E-state index is 0.0748. The lowest BCUT2D eigenvalue weighted by molar-refractivity contribution is -0.790. The fraction of sp³-hybridized carbons (Fsp3) is 0.778. The summed E-state index contributed by atoms with van der Waals surface area (Å²) >= 11 is 0. The summed E-state index contributed by atoms with van der Waals surface area (Å²) in [6, 6.07) is 0. The molecule has 0 spiro atoms. The molecule has 0 aliphatic rings. The van der Waals surface area contributed by atoms with Crippen molar-refractivity contribution in [2.45, 2.75) is 19.4 Å².